The first-order chi connectivity index (χ1) is 15.8. The Bertz CT molecular complexity index is 1130. The fourth-order valence-corrected chi connectivity index (χ4v) is 3.76. The number of rotatable bonds is 7. The van der Waals surface area contributed by atoms with Crippen molar-refractivity contribution in [3.63, 3.8) is 0 Å². The predicted molar refractivity (Wildman–Crippen MR) is 133 cm³/mol. The molecule has 0 spiro atoms. The lowest BCUT2D eigenvalue weighted by Crippen LogP contribution is -2.36. The molecule has 3 rings (SSSR count). The number of hydrogen-bond donors (Lipinski definition) is 2. The maximum Gasteiger partial charge on any atom is 0.257 e. The molecule has 0 aliphatic carbocycles. The molecule has 0 bridgehead atoms. The van der Waals surface area contributed by atoms with Crippen LogP contribution in [0.4, 0.5) is 5.69 Å². The Morgan fingerprint density at radius 2 is 1.70 bits per heavy atom. The molecular weight excluding hydrogens is 414 g/mol. The second-order valence-electron chi connectivity index (χ2n) is 8.04. The average molecular weight is 448 g/mol. The summed E-state index contributed by atoms with van der Waals surface area (Å²) < 4.78 is 7.48. The Balaban J connectivity index is 1.87. The zero-order valence-corrected chi connectivity index (χ0v) is 20.3. The van der Waals surface area contributed by atoms with Crippen molar-refractivity contribution in [2.24, 2.45) is 4.99 Å². The standard InChI is InChI=1S/C26H33N5O2/c1-7-31-20(6)24(19(5)30-31)16-27-26(28-22-9-11-23(12-10-22)33-8-2)29-25(32)21-14-17(3)13-18(4)15-21/h9-15H,7-8,16H2,1-6H3,(H2,27,28,29,32). The molecule has 174 valence electrons. The van der Waals surface area contributed by atoms with E-state index in [1.807, 2.05) is 81.8 Å². The van der Waals surface area contributed by atoms with Gasteiger partial charge in [-0.15, -0.1) is 0 Å². The van der Waals surface area contributed by atoms with Crippen molar-refractivity contribution < 1.29 is 9.53 Å². The minimum atomic E-state index is -0.211. The largest absolute Gasteiger partial charge is 0.494 e. The first-order valence-corrected chi connectivity index (χ1v) is 11.3. The molecule has 0 unspecified atom stereocenters. The van der Waals surface area contributed by atoms with E-state index < -0.39 is 0 Å². The van der Waals surface area contributed by atoms with E-state index in [9.17, 15) is 4.79 Å². The first kappa shape index (κ1) is 24.0. The van der Waals surface area contributed by atoms with Gasteiger partial charge in [-0.25, -0.2) is 4.99 Å². The van der Waals surface area contributed by atoms with Crippen LogP contribution in [0.25, 0.3) is 0 Å². The van der Waals surface area contributed by atoms with Crippen LogP contribution in [-0.2, 0) is 13.1 Å². The summed E-state index contributed by atoms with van der Waals surface area (Å²) in [5.74, 6) is 0.960. The number of carbonyl (C=O) groups is 1. The van der Waals surface area contributed by atoms with E-state index in [2.05, 4.69) is 22.7 Å². The second-order valence-corrected chi connectivity index (χ2v) is 8.04. The van der Waals surface area contributed by atoms with Gasteiger partial charge in [0.15, 0.2) is 0 Å². The molecule has 0 aliphatic heterocycles. The molecule has 7 heteroatoms. The third-order valence-corrected chi connectivity index (χ3v) is 5.37. The van der Waals surface area contributed by atoms with Crippen molar-refractivity contribution in [3.05, 3.63) is 76.1 Å². The number of aromatic nitrogens is 2. The monoisotopic (exact) mass is 447 g/mol. The molecule has 0 saturated heterocycles. The molecule has 0 radical (unpaired) electrons. The highest BCUT2D eigenvalue weighted by Gasteiger charge is 2.13. The first-order valence-electron chi connectivity index (χ1n) is 11.3. The van der Waals surface area contributed by atoms with Gasteiger partial charge in [0, 0.05) is 29.1 Å². The maximum absolute atomic E-state index is 13.0. The molecule has 7 nitrogen and oxygen atoms in total. The molecule has 0 saturated carbocycles. The van der Waals surface area contributed by atoms with Gasteiger partial charge in [-0.3, -0.25) is 14.8 Å². The summed E-state index contributed by atoms with van der Waals surface area (Å²) in [7, 11) is 0. The normalized spacial score (nSPS) is 11.4. The van der Waals surface area contributed by atoms with Crippen molar-refractivity contribution in [2.45, 2.75) is 54.6 Å². The predicted octanol–water partition coefficient (Wildman–Crippen LogP) is 4.93. The Hall–Kier alpha value is -3.61. The van der Waals surface area contributed by atoms with E-state index >= 15 is 0 Å². The van der Waals surface area contributed by atoms with Crippen LogP contribution >= 0.6 is 0 Å². The Morgan fingerprint density at radius 3 is 2.27 bits per heavy atom. The number of amides is 1. The number of aliphatic imine (C=N–C) groups is 1. The minimum Gasteiger partial charge on any atom is -0.494 e. The van der Waals surface area contributed by atoms with E-state index in [4.69, 9.17) is 9.73 Å². The molecule has 0 atom stereocenters. The lowest BCUT2D eigenvalue weighted by Gasteiger charge is -2.13. The van der Waals surface area contributed by atoms with Gasteiger partial charge in [0.05, 0.1) is 18.8 Å². The van der Waals surface area contributed by atoms with E-state index in [1.165, 1.54) is 0 Å². The maximum atomic E-state index is 13.0. The van der Waals surface area contributed by atoms with Gasteiger partial charge in [-0.1, -0.05) is 17.2 Å². The van der Waals surface area contributed by atoms with Gasteiger partial charge in [-0.2, -0.15) is 5.10 Å². The zero-order chi connectivity index (χ0) is 24.0. The van der Waals surface area contributed by atoms with Gasteiger partial charge >= 0.3 is 0 Å². The summed E-state index contributed by atoms with van der Waals surface area (Å²) >= 11 is 0. The number of hydrogen-bond acceptors (Lipinski definition) is 4. The summed E-state index contributed by atoms with van der Waals surface area (Å²) in [6, 6.07) is 13.3. The van der Waals surface area contributed by atoms with Crippen molar-refractivity contribution in [3.8, 4) is 5.75 Å². The highest BCUT2D eigenvalue weighted by atomic mass is 16.5. The fraction of sp³-hybridized carbons (Fsp3) is 0.346. The lowest BCUT2D eigenvalue weighted by atomic mass is 10.1. The molecular formula is C26H33N5O2. The van der Waals surface area contributed by atoms with Crippen molar-refractivity contribution in [2.75, 3.05) is 11.9 Å². The minimum absolute atomic E-state index is 0.211. The average Bonchev–Trinajstić information content (AvgIpc) is 3.05. The van der Waals surface area contributed by atoms with Gasteiger partial charge < -0.3 is 10.1 Å². The SMILES string of the molecule is CCOc1ccc(NC(=NCc2c(C)nn(CC)c2C)NC(=O)c2cc(C)cc(C)c2)cc1. The van der Waals surface area contributed by atoms with Gasteiger partial charge in [0.2, 0.25) is 5.96 Å². The highest BCUT2D eigenvalue weighted by molar-refractivity contribution is 6.10. The van der Waals surface area contributed by atoms with E-state index in [-0.39, 0.29) is 5.91 Å². The third-order valence-electron chi connectivity index (χ3n) is 5.37. The summed E-state index contributed by atoms with van der Waals surface area (Å²) in [4.78, 5) is 17.7. The molecule has 2 N–H and O–H groups in total. The topological polar surface area (TPSA) is 80.5 Å². The summed E-state index contributed by atoms with van der Waals surface area (Å²) in [6.45, 7) is 13.8. The Morgan fingerprint density at radius 1 is 1.03 bits per heavy atom. The zero-order valence-electron chi connectivity index (χ0n) is 20.3. The number of guanidine groups is 1. The van der Waals surface area contributed by atoms with E-state index in [0.29, 0.717) is 24.7 Å². The van der Waals surface area contributed by atoms with Gasteiger partial charge in [-0.05, 0) is 77.9 Å². The molecule has 2 aromatic carbocycles. The van der Waals surface area contributed by atoms with Crippen LogP contribution in [0.5, 0.6) is 5.75 Å². The third kappa shape index (κ3) is 6.22. The molecule has 1 amide bonds. The van der Waals surface area contributed by atoms with Gasteiger partial charge in [0.1, 0.15) is 5.75 Å². The lowest BCUT2D eigenvalue weighted by molar-refractivity contribution is 0.0976. The molecule has 0 fully saturated rings. The summed E-state index contributed by atoms with van der Waals surface area (Å²) in [5.41, 5.74) is 6.56. The van der Waals surface area contributed by atoms with Gasteiger partial charge in [0.25, 0.3) is 5.91 Å². The van der Waals surface area contributed by atoms with Crippen molar-refractivity contribution in [1.82, 2.24) is 15.1 Å². The van der Waals surface area contributed by atoms with Crippen LogP contribution < -0.4 is 15.4 Å². The molecule has 1 heterocycles. The molecule has 0 aliphatic rings. The number of benzene rings is 2. The fourth-order valence-electron chi connectivity index (χ4n) is 3.76. The van der Waals surface area contributed by atoms with Crippen molar-refractivity contribution in [1.29, 1.82) is 0 Å². The quantitative estimate of drug-likeness (QED) is 0.397. The summed E-state index contributed by atoms with van der Waals surface area (Å²) in [6.07, 6.45) is 0. The Kier molecular flexibility index (Phi) is 7.87. The van der Waals surface area contributed by atoms with Crippen LogP contribution in [0.3, 0.4) is 0 Å². The Labute approximate surface area is 195 Å². The number of anilines is 1. The summed E-state index contributed by atoms with van der Waals surface area (Å²) in [5, 5.41) is 10.8. The highest BCUT2D eigenvalue weighted by Crippen LogP contribution is 2.17. The number of ether oxygens (including phenoxy) is 1. The molecule has 3 aromatic rings. The van der Waals surface area contributed by atoms with Crippen LogP contribution in [0.15, 0.2) is 47.5 Å². The van der Waals surface area contributed by atoms with Crippen LogP contribution in [0, 0.1) is 27.7 Å². The molecule has 1 aromatic heterocycles. The number of nitrogens with zero attached hydrogens (tertiary/aromatic N) is 3. The van der Waals surface area contributed by atoms with E-state index in [1.54, 1.807) is 0 Å². The number of aryl methyl sites for hydroxylation is 4. The van der Waals surface area contributed by atoms with Crippen molar-refractivity contribution >= 4 is 17.6 Å². The second kappa shape index (κ2) is 10.8. The van der Waals surface area contributed by atoms with Crippen LogP contribution in [0.2, 0.25) is 0 Å². The number of carbonyl (C=O) groups excluding carboxylic acids is 1. The smallest absolute Gasteiger partial charge is 0.257 e. The van der Waals surface area contributed by atoms with E-state index in [0.717, 1.165) is 46.1 Å². The van der Waals surface area contributed by atoms with Crippen LogP contribution in [0.1, 0.15) is 52.3 Å². The van der Waals surface area contributed by atoms with Crippen LogP contribution in [-0.4, -0.2) is 28.3 Å². The molecule has 33 heavy (non-hydrogen) atoms. The number of nitrogens with one attached hydrogen (secondary N) is 2.